The Balaban J connectivity index is -0.0000000383. The summed E-state index contributed by atoms with van der Waals surface area (Å²) < 4.78 is 31.6. The molecule has 0 heterocycles. The topological polar surface area (TPSA) is 132 Å². The van der Waals surface area contributed by atoms with Gasteiger partial charge in [-0.05, 0) is 0 Å². The van der Waals surface area contributed by atoms with Crippen LogP contribution < -0.4 is 0 Å². The average molecular weight is 439 g/mol. The van der Waals surface area contributed by atoms with Gasteiger partial charge < -0.3 is 10.2 Å². The van der Waals surface area contributed by atoms with E-state index in [2.05, 4.69) is 0 Å². The van der Waals surface area contributed by atoms with Gasteiger partial charge in [-0.3, -0.25) is 9.11 Å². The van der Waals surface area contributed by atoms with Crippen LogP contribution in [0.5, 0.6) is 0 Å². The van der Waals surface area contributed by atoms with Gasteiger partial charge in [-0.1, -0.05) is 0 Å². The van der Waals surface area contributed by atoms with Crippen molar-refractivity contribution in [3.05, 3.63) is 0 Å². The summed E-state index contributed by atoms with van der Waals surface area (Å²) in [4.78, 5) is 8.56. The molecule has 0 aromatic rings. The maximum atomic E-state index is 8.74. The molecule has 0 aromatic heterocycles. The van der Waals surface area contributed by atoms with Crippen LogP contribution in [0.3, 0.4) is 0 Å². The van der Waals surface area contributed by atoms with Crippen LogP contribution in [-0.4, -0.2) is 132 Å². The molecule has 0 aliphatic rings. The van der Waals surface area contributed by atoms with Crippen molar-refractivity contribution < 1.29 is 32.5 Å². The molecule has 0 fully saturated rings. The molecule has 0 amide bonds. The van der Waals surface area contributed by atoms with Crippen LogP contribution in [0.2, 0.25) is 0 Å². The molecule has 0 aromatic carbocycles. The van der Waals surface area contributed by atoms with Gasteiger partial charge >= 0.3 is 114 Å². The summed E-state index contributed by atoms with van der Waals surface area (Å²) in [6, 6.07) is 0. The second-order valence-corrected chi connectivity index (χ2v) is 1.63. The number of rotatable bonds is 0. The molecule has 7 nitrogen and oxygen atoms in total. The summed E-state index contributed by atoms with van der Waals surface area (Å²) in [5.41, 5.74) is 0. The molecule has 4 N–H and O–H groups in total. The third-order valence-corrected chi connectivity index (χ3v) is 0. The maximum absolute atomic E-state index is 8.74. The minimum absolute atomic E-state index is 0. The van der Waals surface area contributed by atoms with Crippen molar-refractivity contribution in [2.45, 2.75) is 0 Å². The molecule has 0 saturated carbocycles. The van der Waals surface area contributed by atoms with Crippen LogP contribution in [-0.2, 0) is 10.4 Å². The van der Waals surface area contributed by atoms with Gasteiger partial charge in [0.25, 0.3) is 0 Å². The van der Waals surface area contributed by atoms with E-state index in [0.29, 0.717) is 0 Å². The Kier molecular flexibility index (Phi) is 26.0. The van der Waals surface area contributed by atoms with E-state index in [-0.39, 0.29) is 97.8 Å². The summed E-state index contributed by atoms with van der Waals surface area (Å²) in [6.45, 7) is 0. The predicted octanol–water partition coefficient (Wildman–Crippen LogP) is -2.26. The van der Waals surface area contributed by atoms with Crippen molar-refractivity contribution in [2.75, 3.05) is 0 Å². The first-order chi connectivity index (χ1) is 3.73. The second kappa shape index (κ2) is 12.3. The molecular weight excluding hydrogens is 431 g/mol. The van der Waals surface area contributed by atoms with Gasteiger partial charge in [0, 0.05) is 0 Å². The third kappa shape index (κ3) is 249. The van der Waals surface area contributed by atoms with Gasteiger partial charge in [-0.15, -0.1) is 0 Å². The second-order valence-electron chi connectivity index (χ2n) is 0.730. The summed E-state index contributed by atoms with van der Waals surface area (Å²) in [7, 11) is -4.67. The zero-order valence-corrected chi connectivity index (χ0v) is 4.74. The minimum atomic E-state index is -4.67. The van der Waals surface area contributed by atoms with E-state index in [0.717, 1.165) is 0 Å². The first-order valence-electron chi connectivity index (χ1n) is 1.35. The van der Waals surface area contributed by atoms with Crippen LogP contribution in [0.1, 0.15) is 0 Å². The molecule has 10 heteroatoms. The van der Waals surface area contributed by atoms with E-state index in [4.69, 9.17) is 32.5 Å². The number of hydrogen-bond acceptors (Lipinski definition) is 3. The van der Waals surface area contributed by atoms with Crippen molar-refractivity contribution in [1.82, 2.24) is 0 Å². The van der Waals surface area contributed by atoms with Crippen molar-refractivity contribution in [1.29, 1.82) is 0 Å². The van der Waals surface area contributed by atoms with Crippen molar-refractivity contribution >= 4 is 114 Å². The third-order valence-electron chi connectivity index (χ3n) is 0. The first-order valence-corrected chi connectivity index (χ1v) is 2.75. The molecule has 11 heavy (non-hydrogen) atoms. The Hall–Kier alpha value is 2.28. The van der Waals surface area contributed by atoms with E-state index >= 15 is 0 Å². The molecule has 0 aliphatic carbocycles. The van der Waals surface area contributed by atoms with Crippen LogP contribution >= 0.6 is 0 Å². The quantitative estimate of drug-likeness (QED) is 0.248. The van der Waals surface area contributed by atoms with Gasteiger partial charge in [-0.2, -0.15) is 8.42 Å². The van der Waals surface area contributed by atoms with Crippen LogP contribution in [0.15, 0.2) is 0 Å². The van der Waals surface area contributed by atoms with Crippen molar-refractivity contribution in [2.24, 2.45) is 0 Å². The first kappa shape index (κ1) is 23.3. The molecule has 0 saturated heterocycles. The van der Waals surface area contributed by atoms with E-state index in [1.165, 1.54) is 0 Å². The predicted molar refractivity (Wildman–Crippen MR) is 41.9 cm³/mol. The Labute approximate surface area is 143 Å². The fourth-order valence-electron chi connectivity index (χ4n) is 0. The Morgan fingerprint density at radius 2 is 1.00 bits per heavy atom. The number of hydrogen-bond donors (Lipinski definition) is 4. The normalized spacial score (nSPS) is 7.45. The van der Waals surface area contributed by atoms with Gasteiger partial charge in [-0.25, -0.2) is 4.79 Å². The van der Waals surface area contributed by atoms with Crippen molar-refractivity contribution in [3.63, 3.8) is 0 Å². The number of carboxylic acid groups (broad SMARTS) is 2. The molecule has 0 rings (SSSR count). The summed E-state index contributed by atoms with van der Waals surface area (Å²) in [6.07, 6.45) is -1.83. The SMILES string of the molecule is O=C(O)O.O=S(=O)(O)O.[BaH2].[BaH2]. The average Bonchev–Trinajstić information content (AvgIpc) is 1.19. The van der Waals surface area contributed by atoms with Crippen LogP contribution in [0.4, 0.5) is 4.79 Å². The standard InChI is InChI=1S/CH2O3.2Ba.H2O4S.4H/c2-1(3)4;;;1-5(2,3)4;;;;/h(H2,2,3,4);;;(H2,1,2,3,4);;;;. The zero-order chi connectivity index (χ0) is 8.08. The Bertz CT molecular complexity index is 159. The molecule has 0 aliphatic heterocycles. The van der Waals surface area contributed by atoms with Crippen LogP contribution in [0, 0.1) is 0 Å². The Morgan fingerprint density at radius 3 is 1.00 bits per heavy atom. The molecular formula is CH8Ba2O7S. The van der Waals surface area contributed by atoms with E-state index in [1.54, 1.807) is 0 Å². The van der Waals surface area contributed by atoms with E-state index < -0.39 is 16.6 Å². The zero-order valence-electron chi connectivity index (χ0n) is 3.92. The molecule has 0 unspecified atom stereocenters. The molecule has 0 radical (unpaired) electrons. The van der Waals surface area contributed by atoms with Crippen molar-refractivity contribution in [3.8, 4) is 0 Å². The molecule has 64 valence electrons. The summed E-state index contributed by atoms with van der Waals surface area (Å²) in [5.74, 6) is 0. The van der Waals surface area contributed by atoms with E-state index in [1.807, 2.05) is 0 Å². The van der Waals surface area contributed by atoms with Crippen LogP contribution in [0.25, 0.3) is 0 Å². The van der Waals surface area contributed by atoms with Gasteiger partial charge in [0.1, 0.15) is 0 Å². The Morgan fingerprint density at radius 1 is 1.00 bits per heavy atom. The summed E-state index contributed by atoms with van der Waals surface area (Å²) in [5, 5.41) is 13.9. The fraction of sp³-hybridized carbons (Fsp3) is 0. The van der Waals surface area contributed by atoms with Gasteiger partial charge in [0.05, 0.1) is 0 Å². The summed E-state index contributed by atoms with van der Waals surface area (Å²) >= 11 is 0. The molecule has 0 spiro atoms. The number of carbonyl (C=O) groups is 1. The fourth-order valence-corrected chi connectivity index (χ4v) is 0. The molecule has 0 bridgehead atoms. The van der Waals surface area contributed by atoms with E-state index in [9.17, 15) is 0 Å². The van der Waals surface area contributed by atoms with Gasteiger partial charge in [0.15, 0.2) is 0 Å². The van der Waals surface area contributed by atoms with Gasteiger partial charge in [0.2, 0.25) is 0 Å². The molecule has 0 atom stereocenters. The monoisotopic (exact) mass is 440 g/mol.